The van der Waals surface area contributed by atoms with Crippen LogP contribution in [0.15, 0.2) is 12.1 Å². The molecule has 0 aromatic heterocycles. The number of rotatable bonds is 2. The lowest BCUT2D eigenvalue weighted by Crippen LogP contribution is -2.20. The van der Waals surface area contributed by atoms with Gasteiger partial charge in [-0.25, -0.2) is 13.2 Å². The largest absolute Gasteiger partial charge is 0.507 e. The third-order valence-corrected chi connectivity index (χ3v) is 1.97. The fourth-order valence-corrected chi connectivity index (χ4v) is 1.14. The zero-order valence-electron chi connectivity index (χ0n) is 7.47. The predicted molar refractivity (Wildman–Crippen MR) is 45.7 cm³/mol. The van der Waals surface area contributed by atoms with Gasteiger partial charge in [-0.2, -0.15) is 0 Å². The Morgan fingerprint density at radius 1 is 1.36 bits per heavy atom. The van der Waals surface area contributed by atoms with Crippen molar-refractivity contribution in [2.75, 3.05) is 0 Å². The average molecular weight is 205 g/mol. The molecule has 0 saturated carbocycles. The van der Waals surface area contributed by atoms with Crippen LogP contribution in [0.1, 0.15) is 17.2 Å². The molecule has 1 aromatic rings. The molecule has 0 heterocycles. The minimum atomic E-state index is -2.91. The monoisotopic (exact) mass is 205 g/mol. The molecule has 78 valence electrons. The molecule has 5 heteroatoms. The van der Waals surface area contributed by atoms with Crippen molar-refractivity contribution in [3.05, 3.63) is 29.1 Å². The van der Waals surface area contributed by atoms with Crippen molar-refractivity contribution in [3.8, 4) is 5.75 Å². The number of hydrogen-bond donors (Lipinski definition) is 2. The Labute approximate surface area is 79.2 Å². The number of phenolic OH excluding ortho intramolecular Hbond substituents is 1. The summed E-state index contributed by atoms with van der Waals surface area (Å²) in [4.78, 5) is 0. The zero-order valence-corrected chi connectivity index (χ0v) is 7.47. The van der Waals surface area contributed by atoms with Gasteiger partial charge in [0.1, 0.15) is 11.6 Å². The van der Waals surface area contributed by atoms with Crippen LogP contribution in [0.25, 0.3) is 0 Å². The molecule has 1 aromatic carbocycles. The second-order valence-corrected chi connectivity index (χ2v) is 2.99. The van der Waals surface area contributed by atoms with Gasteiger partial charge in [0.15, 0.2) is 0 Å². The molecule has 3 N–H and O–H groups in total. The number of hydrogen-bond acceptors (Lipinski definition) is 2. The maximum absolute atomic E-state index is 13.1. The van der Waals surface area contributed by atoms with Gasteiger partial charge in [0.2, 0.25) is 0 Å². The number of aryl methyl sites for hydroxylation is 1. The smallest absolute Gasteiger partial charge is 0.257 e. The Balaban J connectivity index is 3.25. The van der Waals surface area contributed by atoms with E-state index < -0.39 is 29.6 Å². The van der Waals surface area contributed by atoms with Crippen molar-refractivity contribution in [2.24, 2.45) is 5.73 Å². The van der Waals surface area contributed by atoms with E-state index in [4.69, 9.17) is 5.73 Å². The third-order valence-electron chi connectivity index (χ3n) is 1.97. The van der Waals surface area contributed by atoms with Crippen LogP contribution in [-0.2, 0) is 0 Å². The first-order valence-electron chi connectivity index (χ1n) is 3.97. The number of aromatic hydroxyl groups is 1. The van der Waals surface area contributed by atoms with E-state index in [0.717, 1.165) is 6.07 Å². The highest BCUT2D eigenvalue weighted by Gasteiger charge is 2.25. The first kappa shape index (κ1) is 10.8. The van der Waals surface area contributed by atoms with Gasteiger partial charge in [0, 0.05) is 0 Å². The molecule has 0 aliphatic rings. The topological polar surface area (TPSA) is 46.2 Å². The summed E-state index contributed by atoms with van der Waals surface area (Å²) in [6.07, 6.45) is -2.91. The molecular weight excluding hydrogens is 195 g/mol. The second-order valence-electron chi connectivity index (χ2n) is 2.99. The van der Waals surface area contributed by atoms with Gasteiger partial charge in [-0.15, -0.1) is 0 Å². The normalized spacial score (nSPS) is 13.3. The van der Waals surface area contributed by atoms with Crippen LogP contribution < -0.4 is 5.73 Å². The van der Waals surface area contributed by atoms with E-state index in [1.54, 1.807) is 0 Å². The molecule has 1 rings (SSSR count). The predicted octanol–water partition coefficient (Wildman–Crippen LogP) is 2.10. The summed E-state index contributed by atoms with van der Waals surface area (Å²) in [5, 5.41) is 9.34. The molecule has 0 spiro atoms. The first-order valence-corrected chi connectivity index (χ1v) is 3.97. The second kappa shape index (κ2) is 3.88. The van der Waals surface area contributed by atoms with E-state index in [1.807, 2.05) is 0 Å². The van der Waals surface area contributed by atoms with Crippen LogP contribution in [0, 0.1) is 12.7 Å². The number of nitrogens with two attached hydrogens (primary N) is 1. The van der Waals surface area contributed by atoms with E-state index in [-0.39, 0.29) is 0 Å². The van der Waals surface area contributed by atoms with Crippen LogP contribution in [-0.4, -0.2) is 11.5 Å². The molecule has 0 aliphatic heterocycles. The molecular formula is C9H10F3NO. The standard InChI is InChI=1S/C9H10F3NO/c1-4-2-3-5(10)6(8(4)14)7(13)9(11)12/h2-3,7,9,14H,13H2,1H3. The van der Waals surface area contributed by atoms with Crippen LogP contribution >= 0.6 is 0 Å². The number of halogens is 3. The summed E-state index contributed by atoms with van der Waals surface area (Å²) < 4.78 is 37.5. The minimum Gasteiger partial charge on any atom is -0.507 e. The summed E-state index contributed by atoms with van der Waals surface area (Å²) >= 11 is 0. The van der Waals surface area contributed by atoms with Crippen LogP contribution in [0.2, 0.25) is 0 Å². The van der Waals surface area contributed by atoms with Crippen molar-refractivity contribution in [2.45, 2.75) is 19.4 Å². The molecule has 14 heavy (non-hydrogen) atoms. The summed E-state index contributed by atoms with van der Waals surface area (Å²) in [5.74, 6) is -1.42. The number of phenols is 1. The van der Waals surface area contributed by atoms with Crippen molar-refractivity contribution in [1.29, 1.82) is 0 Å². The van der Waals surface area contributed by atoms with Crippen molar-refractivity contribution in [1.82, 2.24) is 0 Å². The van der Waals surface area contributed by atoms with Gasteiger partial charge >= 0.3 is 0 Å². The molecule has 2 nitrogen and oxygen atoms in total. The SMILES string of the molecule is Cc1ccc(F)c(C(N)C(F)F)c1O. The Kier molecular flexibility index (Phi) is 3.00. The molecule has 0 fully saturated rings. The van der Waals surface area contributed by atoms with Crippen molar-refractivity contribution >= 4 is 0 Å². The average Bonchev–Trinajstić information content (AvgIpc) is 2.12. The van der Waals surface area contributed by atoms with E-state index >= 15 is 0 Å². The molecule has 0 radical (unpaired) electrons. The number of alkyl halides is 2. The molecule has 1 atom stereocenters. The van der Waals surface area contributed by atoms with Gasteiger partial charge in [0.05, 0.1) is 11.6 Å². The molecule has 0 saturated heterocycles. The van der Waals surface area contributed by atoms with E-state index in [0.29, 0.717) is 5.56 Å². The molecule has 1 unspecified atom stereocenters. The third kappa shape index (κ3) is 1.82. The zero-order chi connectivity index (χ0) is 10.9. The quantitative estimate of drug-likeness (QED) is 0.776. The minimum absolute atomic E-state index is 0.317. The first-order chi connectivity index (χ1) is 6.45. The summed E-state index contributed by atoms with van der Waals surface area (Å²) in [6.45, 7) is 1.48. The van der Waals surface area contributed by atoms with Gasteiger partial charge in [-0.1, -0.05) is 6.07 Å². The molecule has 0 aliphatic carbocycles. The maximum Gasteiger partial charge on any atom is 0.257 e. The van der Waals surface area contributed by atoms with Crippen LogP contribution in [0.4, 0.5) is 13.2 Å². The number of benzene rings is 1. The fraction of sp³-hybridized carbons (Fsp3) is 0.333. The fourth-order valence-electron chi connectivity index (χ4n) is 1.14. The Morgan fingerprint density at radius 3 is 2.43 bits per heavy atom. The van der Waals surface area contributed by atoms with E-state index in [2.05, 4.69) is 0 Å². The summed E-state index contributed by atoms with van der Waals surface area (Å²) in [6, 6.07) is 0.508. The van der Waals surface area contributed by atoms with Gasteiger partial charge in [-0.05, 0) is 18.6 Å². The summed E-state index contributed by atoms with van der Waals surface area (Å²) in [7, 11) is 0. The Hall–Kier alpha value is -1.23. The van der Waals surface area contributed by atoms with E-state index in [1.165, 1.54) is 13.0 Å². The van der Waals surface area contributed by atoms with Gasteiger partial charge in [0.25, 0.3) is 6.43 Å². The highest BCUT2D eigenvalue weighted by atomic mass is 19.3. The lowest BCUT2D eigenvalue weighted by Gasteiger charge is -2.14. The van der Waals surface area contributed by atoms with Gasteiger partial charge in [-0.3, -0.25) is 0 Å². The highest BCUT2D eigenvalue weighted by molar-refractivity contribution is 5.42. The maximum atomic E-state index is 13.1. The highest BCUT2D eigenvalue weighted by Crippen LogP contribution is 2.31. The Morgan fingerprint density at radius 2 is 1.93 bits per heavy atom. The lowest BCUT2D eigenvalue weighted by molar-refractivity contribution is 0.113. The lowest BCUT2D eigenvalue weighted by atomic mass is 10.0. The van der Waals surface area contributed by atoms with Gasteiger partial charge < -0.3 is 10.8 Å². The van der Waals surface area contributed by atoms with Crippen LogP contribution in [0.5, 0.6) is 5.75 Å². The molecule has 0 bridgehead atoms. The summed E-state index contributed by atoms with van der Waals surface area (Å²) in [5.41, 5.74) is 4.85. The van der Waals surface area contributed by atoms with E-state index in [9.17, 15) is 18.3 Å². The van der Waals surface area contributed by atoms with Crippen molar-refractivity contribution < 1.29 is 18.3 Å². The molecule has 0 amide bonds. The van der Waals surface area contributed by atoms with Crippen LogP contribution in [0.3, 0.4) is 0 Å². The Bertz CT molecular complexity index is 341. The van der Waals surface area contributed by atoms with Crippen molar-refractivity contribution in [3.63, 3.8) is 0 Å².